The van der Waals surface area contributed by atoms with E-state index in [0.29, 0.717) is 17.8 Å². The zero-order valence-corrected chi connectivity index (χ0v) is 9.28. The SMILES string of the molecule is CCN(CC)c1nc(NC)nc(NN)n1. The fraction of sp³-hybridized carbons (Fsp3) is 0.625. The number of nitrogen functional groups attached to an aromatic ring is 1. The molecule has 0 spiro atoms. The van der Waals surface area contributed by atoms with Gasteiger partial charge in [0, 0.05) is 20.1 Å². The second-order valence-corrected chi connectivity index (χ2v) is 2.85. The molecule has 0 aliphatic heterocycles. The lowest BCUT2D eigenvalue weighted by Crippen LogP contribution is -2.25. The summed E-state index contributed by atoms with van der Waals surface area (Å²) in [5, 5.41) is 2.86. The predicted octanol–water partition coefficient (Wildman–Crippen LogP) is 0.0451. The van der Waals surface area contributed by atoms with Gasteiger partial charge in [0.2, 0.25) is 17.8 Å². The zero-order valence-electron chi connectivity index (χ0n) is 9.28. The van der Waals surface area contributed by atoms with Gasteiger partial charge in [-0.3, -0.25) is 5.43 Å². The molecular weight excluding hydrogens is 194 g/mol. The second kappa shape index (κ2) is 5.30. The first-order valence-corrected chi connectivity index (χ1v) is 4.90. The molecule has 1 rings (SSSR count). The van der Waals surface area contributed by atoms with Crippen molar-refractivity contribution in [3.8, 4) is 0 Å². The number of hydrogen-bond donors (Lipinski definition) is 3. The van der Waals surface area contributed by atoms with Gasteiger partial charge in [0.25, 0.3) is 0 Å². The van der Waals surface area contributed by atoms with Crippen molar-refractivity contribution in [1.82, 2.24) is 15.0 Å². The van der Waals surface area contributed by atoms with Gasteiger partial charge in [0.05, 0.1) is 0 Å². The lowest BCUT2D eigenvalue weighted by molar-refractivity contribution is 0.813. The molecule has 7 nitrogen and oxygen atoms in total. The van der Waals surface area contributed by atoms with Crippen LogP contribution in [0.1, 0.15) is 13.8 Å². The van der Waals surface area contributed by atoms with E-state index >= 15 is 0 Å². The molecule has 0 amide bonds. The van der Waals surface area contributed by atoms with Crippen LogP contribution in [0, 0.1) is 0 Å². The fourth-order valence-electron chi connectivity index (χ4n) is 1.19. The van der Waals surface area contributed by atoms with Gasteiger partial charge in [-0.1, -0.05) is 0 Å². The molecule has 0 unspecified atom stereocenters. The molecule has 0 atom stereocenters. The molecule has 0 saturated heterocycles. The molecule has 0 radical (unpaired) electrons. The van der Waals surface area contributed by atoms with Crippen LogP contribution in [0.3, 0.4) is 0 Å². The van der Waals surface area contributed by atoms with E-state index in [4.69, 9.17) is 5.84 Å². The van der Waals surface area contributed by atoms with Gasteiger partial charge in [-0.05, 0) is 13.8 Å². The van der Waals surface area contributed by atoms with E-state index in [1.54, 1.807) is 7.05 Å². The average Bonchev–Trinajstić information content (AvgIpc) is 2.30. The maximum absolute atomic E-state index is 5.28. The van der Waals surface area contributed by atoms with Crippen LogP contribution in [0.5, 0.6) is 0 Å². The Labute approximate surface area is 89.1 Å². The standard InChI is InChI=1S/C8H17N7/c1-4-15(5-2)8-12-6(10-3)11-7(13-8)14-9/h4-5,9H2,1-3H3,(H2,10,11,12,13,14). The van der Waals surface area contributed by atoms with E-state index in [2.05, 4.69) is 25.7 Å². The monoisotopic (exact) mass is 211 g/mol. The van der Waals surface area contributed by atoms with Crippen molar-refractivity contribution in [1.29, 1.82) is 0 Å². The number of nitrogens with one attached hydrogen (secondary N) is 2. The Morgan fingerprint density at radius 3 is 2.20 bits per heavy atom. The minimum atomic E-state index is 0.358. The molecular formula is C8H17N7. The minimum Gasteiger partial charge on any atom is -0.357 e. The van der Waals surface area contributed by atoms with Gasteiger partial charge in [-0.2, -0.15) is 15.0 Å². The first-order chi connectivity index (χ1) is 7.24. The number of hydrazine groups is 1. The first-order valence-electron chi connectivity index (χ1n) is 4.90. The third-order valence-electron chi connectivity index (χ3n) is 2.02. The molecule has 1 heterocycles. The number of rotatable bonds is 5. The Kier molecular flexibility index (Phi) is 4.04. The van der Waals surface area contributed by atoms with Crippen LogP contribution < -0.4 is 21.5 Å². The van der Waals surface area contributed by atoms with Gasteiger partial charge >= 0.3 is 0 Å². The summed E-state index contributed by atoms with van der Waals surface area (Å²) in [5.74, 6) is 6.75. The Bertz CT molecular complexity index is 288. The smallest absolute Gasteiger partial charge is 0.243 e. The van der Waals surface area contributed by atoms with Gasteiger partial charge in [0.1, 0.15) is 0 Å². The summed E-state index contributed by atoms with van der Waals surface area (Å²) in [7, 11) is 1.75. The van der Waals surface area contributed by atoms with Crippen LogP contribution in [0.2, 0.25) is 0 Å². The van der Waals surface area contributed by atoms with Crippen molar-refractivity contribution in [2.24, 2.45) is 5.84 Å². The maximum Gasteiger partial charge on any atom is 0.243 e. The topological polar surface area (TPSA) is 92.0 Å². The number of nitrogens with zero attached hydrogens (tertiary/aromatic N) is 4. The lowest BCUT2D eigenvalue weighted by atomic mass is 10.5. The van der Waals surface area contributed by atoms with Crippen molar-refractivity contribution >= 4 is 17.8 Å². The highest BCUT2D eigenvalue weighted by molar-refractivity contribution is 5.42. The van der Waals surface area contributed by atoms with Crippen molar-refractivity contribution in [2.45, 2.75) is 13.8 Å². The quantitative estimate of drug-likeness (QED) is 0.468. The summed E-state index contributed by atoms with van der Waals surface area (Å²) in [4.78, 5) is 14.5. The Hall–Kier alpha value is -1.63. The highest BCUT2D eigenvalue weighted by Crippen LogP contribution is 2.11. The summed E-state index contributed by atoms with van der Waals surface area (Å²) in [6.45, 7) is 5.77. The van der Waals surface area contributed by atoms with E-state index in [1.807, 2.05) is 18.7 Å². The van der Waals surface area contributed by atoms with Gasteiger partial charge in [-0.25, -0.2) is 5.84 Å². The van der Waals surface area contributed by atoms with Gasteiger partial charge in [-0.15, -0.1) is 0 Å². The molecule has 0 saturated carbocycles. The van der Waals surface area contributed by atoms with Crippen molar-refractivity contribution in [2.75, 3.05) is 35.8 Å². The number of nitrogens with two attached hydrogens (primary N) is 1. The van der Waals surface area contributed by atoms with Crippen LogP contribution in [0.15, 0.2) is 0 Å². The highest BCUT2D eigenvalue weighted by atomic mass is 15.4. The van der Waals surface area contributed by atoms with Crippen molar-refractivity contribution in [3.63, 3.8) is 0 Å². The predicted molar refractivity (Wildman–Crippen MR) is 60.7 cm³/mol. The number of hydrogen-bond acceptors (Lipinski definition) is 7. The highest BCUT2D eigenvalue weighted by Gasteiger charge is 2.09. The zero-order chi connectivity index (χ0) is 11.3. The van der Waals surface area contributed by atoms with E-state index in [-0.39, 0.29) is 0 Å². The molecule has 0 aliphatic carbocycles. The minimum absolute atomic E-state index is 0.358. The Morgan fingerprint density at radius 2 is 1.73 bits per heavy atom. The van der Waals surface area contributed by atoms with E-state index in [1.165, 1.54) is 0 Å². The van der Waals surface area contributed by atoms with Crippen LogP contribution in [-0.4, -0.2) is 35.1 Å². The van der Waals surface area contributed by atoms with Gasteiger partial charge < -0.3 is 10.2 Å². The first kappa shape index (κ1) is 11.4. The van der Waals surface area contributed by atoms with Crippen LogP contribution in [0.4, 0.5) is 17.8 Å². The molecule has 1 aromatic heterocycles. The maximum atomic E-state index is 5.28. The molecule has 7 heteroatoms. The summed E-state index contributed by atoms with van der Waals surface area (Å²) >= 11 is 0. The third-order valence-corrected chi connectivity index (χ3v) is 2.02. The average molecular weight is 211 g/mol. The number of aromatic nitrogens is 3. The van der Waals surface area contributed by atoms with Crippen LogP contribution in [0.25, 0.3) is 0 Å². The van der Waals surface area contributed by atoms with Crippen LogP contribution >= 0.6 is 0 Å². The second-order valence-electron chi connectivity index (χ2n) is 2.85. The van der Waals surface area contributed by atoms with E-state index in [0.717, 1.165) is 13.1 Å². The van der Waals surface area contributed by atoms with E-state index < -0.39 is 0 Å². The molecule has 0 fully saturated rings. The fourth-order valence-corrected chi connectivity index (χ4v) is 1.19. The normalized spacial score (nSPS) is 9.87. The summed E-state index contributed by atoms with van der Waals surface area (Å²) < 4.78 is 0. The summed E-state index contributed by atoms with van der Waals surface area (Å²) in [6, 6.07) is 0. The largest absolute Gasteiger partial charge is 0.357 e. The molecule has 0 bridgehead atoms. The Morgan fingerprint density at radius 1 is 1.13 bits per heavy atom. The molecule has 0 aromatic carbocycles. The van der Waals surface area contributed by atoms with E-state index in [9.17, 15) is 0 Å². The third kappa shape index (κ3) is 2.66. The molecule has 1 aromatic rings. The Balaban J connectivity index is 3.05. The van der Waals surface area contributed by atoms with Gasteiger partial charge in [0.15, 0.2) is 0 Å². The van der Waals surface area contributed by atoms with Crippen LogP contribution in [-0.2, 0) is 0 Å². The molecule has 4 N–H and O–H groups in total. The molecule has 84 valence electrons. The number of anilines is 3. The molecule has 15 heavy (non-hydrogen) atoms. The lowest BCUT2D eigenvalue weighted by Gasteiger charge is -2.19. The summed E-state index contributed by atoms with van der Waals surface area (Å²) in [6.07, 6.45) is 0. The van der Waals surface area contributed by atoms with Crippen molar-refractivity contribution < 1.29 is 0 Å². The molecule has 0 aliphatic rings. The summed E-state index contributed by atoms with van der Waals surface area (Å²) in [5.41, 5.74) is 2.42. The van der Waals surface area contributed by atoms with Crippen molar-refractivity contribution in [3.05, 3.63) is 0 Å².